The average molecular weight is 428 g/mol. The number of carbonyl (C=O) groups is 2. The SMILES string of the molecule is CCOC(=O)c1ccc(N2CCCN(C(=O)Nc3ccc(OC)c(OC)c3)CC2)nc1. The topological polar surface area (TPSA) is 93.2 Å². The summed E-state index contributed by atoms with van der Waals surface area (Å²) in [5.41, 5.74) is 1.07. The van der Waals surface area contributed by atoms with E-state index in [1.807, 2.05) is 6.07 Å². The number of aromatic nitrogens is 1. The number of pyridine rings is 1. The van der Waals surface area contributed by atoms with Gasteiger partial charge in [-0.2, -0.15) is 0 Å². The van der Waals surface area contributed by atoms with Gasteiger partial charge in [-0.25, -0.2) is 14.6 Å². The summed E-state index contributed by atoms with van der Waals surface area (Å²) in [6.07, 6.45) is 2.33. The van der Waals surface area contributed by atoms with Gasteiger partial charge >= 0.3 is 12.0 Å². The Morgan fingerprint density at radius 3 is 2.52 bits per heavy atom. The highest BCUT2D eigenvalue weighted by Gasteiger charge is 2.21. The van der Waals surface area contributed by atoms with Crippen LogP contribution in [0.5, 0.6) is 11.5 Å². The molecule has 31 heavy (non-hydrogen) atoms. The van der Waals surface area contributed by atoms with Crippen LogP contribution in [0.25, 0.3) is 0 Å². The molecule has 0 radical (unpaired) electrons. The van der Waals surface area contributed by atoms with E-state index in [-0.39, 0.29) is 12.0 Å². The van der Waals surface area contributed by atoms with Gasteiger partial charge in [0.05, 0.1) is 26.4 Å². The van der Waals surface area contributed by atoms with Gasteiger partial charge in [-0.3, -0.25) is 0 Å². The molecule has 0 bridgehead atoms. The summed E-state index contributed by atoms with van der Waals surface area (Å²) in [4.78, 5) is 32.8. The molecule has 1 aliphatic rings. The average Bonchev–Trinajstić information content (AvgIpc) is 3.05. The Morgan fingerprint density at radius 1 is 1.03 bits per heavy atom. The van der Waals surface area contributed by atoms with Gasteiger partial charge in [-0.1, -0.05) is 0 Å². The number of nitrogens with one attached hydrogen (secondary N) is 1. The molecule has 166 valence electrons. The van der Waals surface area contributed by atoms with Gasteiger partial charge in [-0.15, -0.1) is 0 Å². The number of ether oxygens (including phenoxy) is 3. The van der Waals surface area contributed by atoms with Crippen molar-refractivity contribution in [3.8, 4) is 11.5 Å². The van der Waals surface area contributed by atoms with E-state index >= 15 is 0 Å². The molecular formula is C22H28N4O5. The summed E-state index contributed by atoms with van der Waals surface area (Å²) in [6.45, 7) is 4.70. The molecule has 1 N–H and O–H groups in total. The highest BCUT2D eigenvalue weighted by atomic mass is 16.5. The molecule has 1 aromatic carbocycles. The Hall–Kier alpha value is -3.49. The molecule has 0 aliphatic carbocycles. The van der Waals surface area contributed by atoms with Crippen molar-refractivity contribution in [1.82, 2.24) is 9.88 Å². The standard InChI is InChI=1S/C22H28N4O5/c1-4-31-21(27)16-6-9-20(23-15-16)25-10-5-11-26(13-12-25)22(28)24-17-7-8-18(29-2)19(14-17)30-3/h6-9,14-15H,4-5,10-13H2,1-3H3,(H,24,28). The monoisotopic (exact) mass is 428 g/mol. The molecule has 9 heteroatoms. The first-order valence-corrected chi connectivity index (χ1v) is 10.2. The third-order valence-corrected chi connectivity index (χ3v) is 5.00. The molecule has 1 aromatic heterocycles. The summed E-state index contributed by atoms with van der Waals surface area (Å²) < 4.78 is 15.5. The van der Waals surface area contributed by atoms with E-state index in [1.54, 1.807) is 50.3 Å². The highest BCUT2D eigenvalue weighted by Crippen LogP contribution is 2.29. The molecule has 1 aliphatic heterocycles. The maximum atomic E-state index is 12.8. The predicted octanol–water partition coefficient (Wildman–Crippen LogP) is 3.02. The Kier molecular flexibility index (Phi) is 7.53. The van der Waals surface area contributed by atoms with Crippen LogP contribution in [0.1, 0.15) is 23.7 Å². The number of urea groups is 1. The largest absolute Gasteiger partial charge is 0.493 e. The van der Waals surface area contributed by atoms with Crippen molar-refractivity contribution in [1.29, 1.82) is 0 Å². The van der Waals surface area contributed by atoms with Gasteiger partial charge in [-0.05, 0) is 37.6 Å². The van der Waals surface area contributed by atoms with E-state index in [0.717, 1.165) is 18.8 Å². The van der Waals surface area contributed by atoms with Crippen molar-refractivity contribution >= 4 is 23.5 Å². The van der Waals surface area contributed by atoms with Crippen molar-refractivity contribution in [2.24, 2.45) is 0 Å². The minimum absolute atomic E-state index is 0.167. The van der Waals surface area contributed by atoms with E-state index in [1.165, 1.54) is 6.20 Å². The van der Waals surface area contributed by atoms with Crippen LogP contribution in [0.3, 0.4) is 0 Å². The third-order valence-electron chi connectivity index (χ3n) is 5.00. The Morgan fingerprint density at radius 2 is 1.84 bits per heavy atom. The number of carbonyl (C=O) groups excluding carboxylic acids is 2. The van der Waals surface area contributed by atoms with Gasteiger partial charge in [0.25, 0.3) is 0 Å². The summed E-state index contributed by atoms with van der Waals surface area (Å²) in [5.74, 6) is 1.55. The van der Waals surface area contributed by atoms with Crippen LogP contribution in [0.15, 0.2) is 36.5 Å². The quantitative estimate of drug-likeness (QED) is 0.707. The summed E-state index contributed by atoms with van der Waals surface area (Å²) in [5, 5.41) is 2.92. The Balaban J connectivity index is 1.59. The minimum Gasteiger partial charge on any atom is -0.493 e. The molecule has 0 atom stereocenters. The van der Waals surface area contributed by atoms with Crippen LogP contribution in [0.2, 0.25) is 0 Å². The van der Waals surface area contributed by atoms with E-state index in [0.29, 0.717) is 49.0 Å². The number of nitrogens with zero attached hydrogens (tertiary/aromatic N) is 3. The van der Waals surface area contributed by atoms with Crippen molar-refractivity contribution in [3.05, 3.63) is 42.1 Å². The van der Waals surface area contributed by atoms with Crippen LogP contribution in [-0.2, 0) is 4.74 Å². The van der Waals surface area contributed by atoms with E-state index in [4.69, 9.17) is 14.2 Å². The number of amides is 2. The van der Waals surface area contributed by atoms with Gasteiger partial charge < -0.3 is 29.3 Å². The fourth-order valence-electron chi connectivity index (χ4n) is 3.37. The highest BCUT2D eigenvalue weighted by molar-refractivity contribution is 5.90. The molecule has 1 saturated heterocycles. The first-order valence-electron chi connectivity index (χ1n) is 10.2. The number of anilines is 2. The second-order valence-electron chi connectivity index (χ2n) is 6.95. The lowest BCUT2D eigenvalue weighted by molar-refractivity contribution is 0.0526. The van der Waals surface area contributed by atoms with Gasteiger partial charge in [0.15, 0.2) is 11.5 Å². The molecule has 9 nitrogen and oxygen atoms in total. The first-order chi connectivity index (χ1) is 15.0. The number of methoxy groups -OCH3 is 2. The number of hydrogen-bond acceptors (Lipinski definition) is 7. The van der Waals surface area contributed by atoms with Gasteiger partial charge in [0.1, 0.15) is 5.82 Å². The second kappa shape index (κ2) is 10.5. The molecule has 1 fully saturated rings. The minimum atomic E-state index is -0.379. The fourth-order valence-corrected chi connectivity index (χ4v) is 3.37. The van der Waals surface area contributed by atoms with E-state index in [9.17, 15) is 9.59 Å². The normalized spacial score (nSPS) is 13.9. The summed E-state index contributed by atoms with van der Waals surface area (Å²) >= 11 is 0. The lowest BCUT2D eigenvalue weighted by Crippen LogP contribution is -2.38. The molecule has 0 saturated carbocycles. The van der Waals surface area contributed by atoms with Crippen molar-refractivity contribution in [2.75, 3.05) is 57.2 Å². The zero-order valence-electron chi connectivity index (χ0n) is 18.1. The maximum absolute atomic E-state index is 12.8. The Bertz CT molecular complexity index is 903. The van der Waals surface area contributed by atoms with Crippen molar-refractivity contribution in [2.45, 2.75) is 13.3 Å². The number of benzene rings is 1. The van der Waals surface area contributed by atoms with Crippen LogP contribution >= 0.6 is 0 Å². The van der Waals surface area contributed by atoms with Crippen LogP contribution in [0, 0.1) is 0 Å². The summed E-state index contributed by atoms with van der Waals surface area (Å²) in [6, 6.07) is 8.62. The maximum Gasteiger partial charge on any atom is 0.339 e. The third kappa shape index (κ3) is 5.56. The van der Waals surface area contributed by atoms with Crippen molar-refractivity contribution < 1.29 is 23.8 Å². The molecule has 2 amide bonds. The zero-order valence-corrected chi connectivity index (χ0v) is 18.1. The number of esters is 1. The lowest BCUT2D eigenvalue weighted by atomic mass is 10.2. The van der Waals surface area contributed by atoms with Gasteiger partial charge in [0, 0.05) is 44.1 Å². The van der Waals surface area contributed by atoms with E-state index < -0.39 is 0 Å². The predicted molar refractivity (Wildman–Crippen MR) is 117 cm³/mol. The zero-order chi connectivity index (χ0) is 22.2. The first kappa shape index (κ1) is 22.2. The molecule has 3 rings (SSSR count). The Labute approximate surface area is 181 Å². The van der Waals surface area contributed by atoms with Crippen molar-refractivity contribution in [3.63, 3.8) is 0 Å². The lowest BCUT2D eigenvalue weighted by Gasteiger charge is -2.23. The number of rotatable bonds is 6. The molecule has 0 unspecified atom stereocenters. The fraction of sp³-hybridized carbons (Fsp3) is 0.409. The van der Waals surface area contributed by atoms with Crippen LogP contribution in [-0.4, -0.2) is 68.9 Å². The van der Waals surface area contributed by atoms with Crippen LogP contribution in [0.4, 0.5) is 16.3 Å². The van der Waals surface area contributed by atoms with Crippen LogP contribution < -0.4 is 19.7 Å². The second-order valence-corrected chi connectivity index (χ2v) is 6.95. The molecular weight excluding hydrogens is 400 g/mol. The number of hydrogen-bond donors (Lipinski definition) is 1. The molecule has 2 aromatic rings. The molecule has 0 spiro atoms. The smallest absolute Gasteiger partial charge is 0.339 e. The summed E-state index contributed by atoms with van der Waals surface area (Å²) in [7, 11) is 3.12. The van der Waals surface area contributed by atoms with Gasteiger partial charge in [0.2, 0.25) is 0 Å². The van der Waals surface area contributed by atoms with E-state index in [2.05, 4.69) is 15.2 Å². The molecule has 2 heterocycles.